The number of nitrogens with one attached hydrogen (secondary N) is 1. The molecule has 0 spiro atoms. The van der Waals surface area contributed by atoms with E-state index in [4.69, 9.17) is 4.74 Å². The lowest BCUT2D eigenvalue weighted by Gasteiger charge is -2.04. The molecule has 0 aliphatic heterocycles. The highest BCUT2D eigenvalue weighted by molar-refractivity contribution is 6.01. The van der Waals surface area contributed by atoms with Crippen LogP contribution in [0.25, 0.3) is 0 Å². The number of rotatable bonds is 4. The molecule has 0 fully saturated rings. The highest BCUT2D eigenvalue weighted by Crippen LogP contribution is 2.16. The highest BCUT2D eigenvalue weighted by Gasteiger charge is 1.98. The Kier molecular flexibility index (Phi) is 4.09. The molecule has 0 aromatic heterocycles. The Bertz CT molecular complexity index is 385. The summed E-state index contributed by atoms with van der Waals surface area (Å²) in [6, 6.07) is 6.95. The minimum absolute atomic E-state index is 0.352. The standard InChI is InChI=1S/C11H11NO3/c1-15-10-5-2-4-9(8-10)12-11(14)6-3-7-13/h2-8H,1H3,(H,12,14)/b6-3-. The summed E-state index contributed by atoms with van der Waals surface area (Å²) in [7, 11) is 1.55. The maximum Gasteiger partial charge on any atom is 0.248 e. The fourth-order valence-corrected chi connectivity index (χ4v) is 1.01. The average molecular weight is 205 g/mol. The van der Waals surface area contributed by atoms with E-state index in [9.17, 15) is 9.59 Å². The van der Waals surface area contributed by atoms with E-state index >= 15 is 0 Å². The van der Waals surface area contributed by atoms with Gasteiger partial charge in [-0.1, -0.05) is 6.07 Å². The van der Waals surface area contributed by atoms with Crippen molar-refractivity contribution < 1.29 is 14.3 Å². The largest absolute Gasteiger partial charge is 0.497 e. The summed E-state index contributed by atoms with van der Waals surface area (Å²) in [5.74, 6) is 0.308. The molecule has 78 valence electrons. The van der Waals surface area contributed by atoms with Crippen LogP contribution in [0.4, 0.5) is 5.69 Å². The number of hydrogen-bond acceptors (Lipinski definition) is 3. The second-order valence-corrected chi connectivity index (χ2v) is 2.72. The number of carbonyl (C=O) groups excluding carboxylic acids is 2. The Hall–Kier alpha value is -2.10. The molecule has 1 N–H and O–H groups in total. The third-order valence-corrected chi connectivity index (χ3v) is 1.66. The Morgan fingerprint density at radius 2 is 2.27 bits per heavy atom. The van der Waals surface area contributed by atoms with E-state index in [2.05, 4.69) is 5.32 Å². The van der Waals surface area contributed by atoms with Crippen LogP contribution in [-0.2, 0) is 9.59 Å². The van der Waals surface area contributed by atoms with E-state index in [1.54, 1.807) is 31.4 Å². The van der Waals surface area contributed by atoms with Crippen molar-refractivity contribution in [3.63, 3.8) is 0 Å². The lowest BCUT2D eigenvalue weighted by Crippen LogP contribution is -2.07. The average Bonchev–Trinajstić information content (AvgIpc) is 2.26. The summed E-state index contributed by atoms with van der Waals surface area (Å²) in [6.07, 6.45) is 2.84. The maximum atomic E-state index is 11.2. The molecule has 0 saturated carbocycles. The van der Waals surface area contributed by atoms with E-state index in [0.717, 1.165) is 12.2 Å². The van der Waals surface area contributed by atoms with Gasteiger partial charge in [0.25, 0.3) is 0 Å². The van der Waals surface area contributed by atoms with Crippen LogP contribution in [0.1, 0.15) is 0 Å². The van der Waals surface area contributed by atoms with Gasteiger partial charge in [-0.15, -0.1) is 0 Å². The molecule has 4 nitrogen and oxygen atoms in total. The van der Waals surface area contributed by atoms with E-state index in [-0.39, 0.29) is 5.91 Å². The topological polar surface area (TPSA) is 55.4 Å². The minimum Gasteiger partial charge on any atom is -0.497 e. The van der Waals surface area contributed by atoms with E-state index in [0.29, 0.717) is 17.7 Å². The van der Waals surface area contributed by atoms with Crippen LogP contribution in [-0.4, -0.2) is 19.3 Å². The first kappa shape index (κ1) is 11.0. The van der Waals surface area contributed by atoms with E-state index in [1.165, 1.54) is 0 Å². The number of hydrogen-bond donors (Lipinski definition) is 1. The fourth-order valence-electron chi connectivity index (χ4n) is 1.01. The lowest BCUT2D eigenvalue weighted by atomic mass is 10.3. The molecule has 0 unspecified atom stereocenters. The third-order valence-electron chi connectivity index (χ3n) is 1.66. The molecule has 0 aliphatic rings. The zero-order chi connectivity index (χ0) is 11.1. The van der Waals surface area contributed by atoms with Crippen molar-refractivity contribution in [3.8, 4) is 5.75 Å². The van der Waals surface area contributed by atoms with Gasteiger partial charge in [0.05, 0.1) is 7.11 Å². The zero-order valence-corrected chi connectivity index (χ0v) is 8.27. The number of methoxy groups -OCH3 is 1. The number of anilines is 1. The summed E-state index contributed by atoms with van der Waals surface area (Å²) >= 11 is 0. The van der Waals surface area contributed by atoms with Crippen molar-refractivity contribution >= 4 is 17.9 Å². The first-order chi connectivity index (χ1) is 7.26. The van der Waals surface area contributed by atoms with Crippen LogP contribution in [0.15, 0.2) is 36.4 Å². The second kappa shape index (κ2) is 5.59. The molecule has 1 amide bonds. The quantitative estimate of drug-likeness (QED) is 0.597. The summed E-state index contributed by atoms with van der Waals surface area (Å²) in [6.45, 7) is 0. The van der Waals surface area contributed by atoms with Gasteiger partial charge >= 0.3 is 0 Å². The van der Waals surface area contributed by atoms with Gasteiger partial charge in [0, 0.05) is 17.8 Å². The van der Waals surface area contributed by atoms with Crippen LogP contribution in [0.2, 0.25) is 0 Å². The van der Waals surface area contributed by atoms with Gasteiger partial charge in [0.15, 0.2) is 0 Å². The molecular weight excluding hydrogens is 194 g/mol. The fraction of sp³-hybridized carbons (Fsp3) is 0.0909. The Morgan fingerprint density at radius 3 is 2.93 bits per heavy atom. The van der Waals surface area contributed by atoms with Gasteiger partial charge in [-0.2, -0.15) is 0 Å². The summed E-state index contributed by atoms with van der Waals surface area (Å²) in [4.78, 5) is 21.1. The van der Waals surface area contributed by atoms with Gasteiger partial charge < -0.3 is 10.1 Å². The van der Waals surface area contributed by atoms with Crippen molar-refractivity contribution in [1.82, 2.24) is 0 Å². The van der Waals surface area contributed by atoms with Crippen molar-refractivity contribution in [2.45, 2.75) is 0 Å². The zero-order valence-electron chi connectivity index (χ0n) is 8.27. The monoisotopic (exact) mass is 205 g/mol. The number of carbonyl (C=O) groups is 2. The molecule has 15 heavy (non-hydrogen) atoms. The molecular formula is C11H11NO3. The van der Waals surface area contributed by atoms with Gasteiger partial charge in [0.1, 0.15) is 12.0 Å². The Balaban J connectivity index is 2.67. The molecule has 0 aliphatic carbocycles. The predicted octanol–water partition coefficient (Wildman–Crippen LogP) is 1.39. The minimum atomic E-state index is -0.352. The summed E-state index contributed by atoms with van der Waals surface area (Å²) < 4.78 is 4.99. The van der Waals surface area contributed by atoms with Crippen molar-refractivity contribution in [3.05, 3.63) is 36.4 Å². The summed E-state index contributed by atoms with van der Waals surface area (Å²) in [5.41, 5.74) is 0.620. The van der Waals surface area contributed by atoms with Gasteiger partial charge in [0.2, 0.25) is 5.91 Å². The van der Waals surface area contributed by atoms with E-state index < -0.39 is 0 Å². The first-order valence-electron chi connectivity index (χ1n) is 4.33. The molecule has 1 aromatic rings. The van der Waals surface area contributed by atoms with Gasteiger partial charge in [-0.3, -0.25) is 9.59 Å². The predicted molar refractivity (Wildman–Crippen MR) is 56.8 cm³/mol. The van der Waals surface area contributed by atoms with Crippen molar-refractivity contribution in [2.75, 3.05) is 12.4 Å². The molecule has 0 atom stereocenters. The Morgan fingerprint density at radius 1 is 1.47 bits per heavy atom. The van der Waals surface area contributed by atoms with Gasteiger partial charge in [-0.25, -0.2) is 0 Å². The molecule has 0 bridgehead atoms. The molecule has 1 rings (SSSR count). The molecule has 4 heteroatoms. The van der Waals surface area contributed by atoms with Crippen LogP contribution >= 0.6 is 0 Å². The van der Waals surface area contributed by atoms with Crippen molar-refractivity contribution in [2.24, 2.45) is 0 Å². The third kappa shape index (κ3) is 3.64. The first-order valence-corrected chi connectivity index (χ1v) is 4.33. The summed E-state index contributed by atoms with van der Waals surface area (Å²) in [5, 5.41) is 2.59. The van der Waals surface area contributed by atoms with Crippen molar-refractivity contribution in [1.29, 1.82) is 0 Å². The molecule has 0 heterocycles. The van der Waals surface area contributed by atoms with Crippen LogP contribution in [0.5, 0.6) is 5.75 Å². The SMILES string of the molecule is COc1cccc(NC(=O)/C=C\C=O)c1. The second-order valence-electron chi connectivity index (χ2n) is 2.72. The molecule has 0 radical (unpaired) electrons. The number of ether oxygens (including phenoxy) is 1. The Labute approximate surface area is 87.6 Å². The number of aldehydes is 1. The van der Waals surface area contributed by atoms with Crippen LogP contribution in [0, 0.1) is 0 Å². The molecule has 1 aromatic carbocycles. The number of amides is 1. The number of benzene rings is 1. The highest BCUT2D eigenvalue weighted by atomic mass is 16.5. The normalized spacial score (nSPS) is 9.93. The lowest BCUT2D eigenvalue weighted by molar-refractivity contribution is -0.112. The van der Waals surface area contributed by atoms with Gasteiger partial charge in [-0.05, 0) is 18.2 Å². The van der Waals surface area contributed by atoms with Crippen LogP contribution < -0.4 is 10.1 Å². The maximum absolute atomic E-state index is 11.2. The number of allylic oxidation sites excluding steroid dienone is 1. The molecule has 0 saturated heterocycles. The van der Waals surface area contributed by atoms with E-state index in [1.807, 2.05) is 0 Å². The van der Waals surface area contributed by atoms with Crippen LogP contribution in [0.3, 0.4) is 0 Å². The smallest absolute Gasteiger partial charge is 0.248 e.